The first-order chi connectivity index (χ1) is 13.0. The van der Waals surface area contributed by atoms with E-state index in [1.165, 1.54) is 0 Å². The molecular weight excluding hydrogens is 338 g/mol. The van der Waals surface area contributed by atoms with E-state index in [1.807, 2.05) is 53.4 Å². The van der Waals surface area contributed by atoms with E-state index in [0.29, 0.717) is 34.5 Å². The van der Waals surface area contributed by atoms with Gasteiger partial charge in [0.05, 0.1) is 0 Å². The van der Waals surface area contributed by atoms with Crippen molar-refractivity contribution in [2.75, 3.05) is 26.7 Å². The third-order valence-corrected chi connectivity index (χ3v) is 5.41. The number of amides is 1. The topological polar surface area (TPSA) is 49.6 Å². The highest BCUT2D eigenvalue weighted by atomic mass is 16.3. The van der Waals surface area contributed by atoms with Crippen molar-refractivity contribution in [1.29, 1.82) is 0 Å². The fourth-order valence-corrected chi connectivity index (χ4v) is 3.75. The molecule has 5 heteroatoms. The zero-order valence-electron chi connectivity index (χ0n) is 16.1. The SMILES string of the molecule is CC(C)C1CN(C(=O)c2ccc3oc(-c4ccccc4)nc3c2)CCN1C. The van der Waals surface area contributed by atoms with Gasteiger partial charge in [-0.05, 0) is 43.3 Å². The van der Waals surface area contributed by atoms with Gasteiger partial charge in [-0.3, -0.25) is 9.69 Å². The van der Waals surface area contributed by atoms with Crippen molar-refractivity contribution in [3.63, 3.8) is 0 Å². The Morgan fingerprint density at radius 1 is 1.15 bits per heavy atom. The molecular formula is C22H25N3O2. The van der Waals surface area contributed by atoms with Crippen LogP contribution in [0.4, 0.5) is 0 Å². The second kappa shape index (κ2) is 7.16. The molecule has 0 spiro atoms. The summed E-state index contributed by atoms with van der Waals surface area (Å²) in [4.78, 5) is 21.9. The maximum absolute atomic E-state index is 13.0. The molecule has 1 atom stereocenters. The Labute approximate surface area is 159 Å². The molecule has 5 nitrogen and oxygen atoms in total. The Morgan fingerprint density at radius 2 is 1.93 bits per heavy atom. The van der Waals surface area contributed by atoms with Crippen LogP contribution in [0.25, 0.3) is 22.6 Å². The number of likely N-dealkylation sites (N-methyl/N-ethyl adjacent to an activating group) is 1. The van der Waals surface area contributed by atoms with E-state index in [0.717, 1.165) is 25.2 Å². The van der Waals surface area contributed by atoms with E-state index in [1.54, 1.807) is 0 Å². The Kier molecular flexibility index (Phi) is 4.70. The third-order valence-electron chi connectivity index (χ3n) is 5.41. The molecule has 27 heavy (non-hydrogen) atoms. The maximum atomic E-state index is 13.0. The molecule has 2 heterocycles. The molecule has 0 radical (unpaired) electrons. The summed E-state index contributed by atoms with van der Waals surface area (Å²) < 4.78 is 5.85. The van der Waals surface area contributed by atoms with Gasteiger partial charge < -0.3 is 9.32 Å². The first kappa shape index (κ1) is 17.7. The van der Waals surface area contributed by atoms with Crippen LogP contribution in [0.3, 0.4) is 0 Å². The summed E-state index contributed by atoms with van der Waals surface area (Å²) >= 11 is 0. The zero-order chi connectivity index (χ0) is 19.0. The molecule has 0 aliphatic carbocycles. The standard InChI is InChI=1S/C22H25N3O2/c1-15(2)19-14-25(12-11-24(19)3)22(26)17-9-10-20-18(13-17)23-21(27-20)16-7-5-4-6-8-16/h4-10,13,15,19H,11-12,14H2,1-3H3. The minimum Gasteiger partial charge on any atom is -0.436 e. The van der Waals surface area contributed by atoms with Crippen molar-refractivity contribution in [3.05, 3.63) is 54.1 Å². The molecule has 1 aromatic heterocycles. The first-order valence-corrected chi connectivity index (χ1v) is 9.48. The Morgan fingerprint density at radius 3 is 2.67 bits per heavy atom. The third kappa shape index (κ3) is 3.47. The van der Waals surface area contributed by atoms with Gasteiger partial charge >= 0.3 is 0 Å². The first-order valence-electron chi connectivity index (χ1n) is 9.48. The smallest absolute Gasteiger partial charge is 0.254 e. The molecule has 4 rings (SSSR count). The quantitative estimate of drug-likeness (QED) is 0.708. The molecule has 140 valence electrons. The summed E-state index contributed by atoms with van der Waals surface area (Å²) in [5, 5.41) is 0. The average molecular weight is 363 g/mol. The van der Waals surface area contributed by atoms with Crippen LogP contribution in [-0.2, 0) is 0 Å². The van der Waals surface area contributed by atoms with Gasteiger partial charge in [0.15, 0.2) is 5.58 Å². The normalized spacial score (nSPS) is 18.4. The molecule has 2 aromatic carbocycles. The lowest BCUT2D eigenvalue weighted by molar-refractivity contribution is 0.0465. The highest BCUT2D eigenvalue weighted by molar-refractivity contribution is 5.97. The van der Waals surface area contributed by atoms with Crippen molar-refractivity contribution in [1.82, 2.24) is 14.8 Å². The van der Waals surface area contributed by atoms with Crippen LogP contribution < -0.4 is 0 Å². The van der Waals surface area contributed by atoms with Gasteiger partial charge in [-0.2, -0.15) is 0 Å². The van der Waals surface area contributed by atoms with Crippen LogP contribution in [-0.4, -0.2) is 53.4 Å². The second-order valence-corrected chi connectivity index (χ2v) is 7.61. The minimum absolute atomic E-state index is 0.0694. The molecule has 0 saturated carbocycles. The summed E-state index contributed by atoms with van der Waals surface area (Å²) in [5.41, 5.74) is 3.01. The van der Waals surface area contributed by atoms with E-state index in [4.69, 9.17) is 4.42 Å². The monoisotopic (exact) mass is 363 g/mol. The molecule has 0 bridgehead atoms. The van der Waals surface area contributed by atoms with Crippen molar-refractivity contribution in [3.8, 4) is 11.5 Å². The number of piperazine rings is 1. The number of hydrogen-bond acceptors (Lipinski definition) is 4. The molecule has 1 unspecified atom stereocenters. The summed E-state index contributed by atoms with van der Waals surface area (Å²) in [5.74, 6) is 1.16. The van der Waals surface area contributed by atoms with Crippen molar-refractivity contribution >= 4 is 17.0 Å². The molecule has 1 fully saturated rings. The largest absolute Gasteiger partial charge is 0.436 e. The van der Waals surface area contributed by atoms with Gasteiger partial charge in [-0.15, -0.1) is 0 Å². The highest BCUT2D eigenvalue weighted by Crippen LogP contribution is 2.25. The lowest BCUT2D eigenvalue weighted by atomic mass is 9.99. The minimum atomic E-state index is 0.0694. The van der Waals surface area contributed by atoms with E-state index in [-0.39, 0.29) is 5.91 Å². The van der Waals surface area contributed by atoms with E-state index in [9.17, 15) is 4.79 Å². The molecule has 1 aliphatic rings. The number of carbonyl (C=O) groups is 1. The number of benzene rings is 2. The fraction of sp³-hybridized carbons (Fsp3) is 0.364. The van der Waals surface area contributed by atoms with Crippen LogP contribution >= 0.6 is 0 Å². The van der Waals surface area contributed by atoms with Crippen molar-refractivity contribution < 1.29 is 9.21 Å². The van der Waals surface area contributed by atoms with Crippen LogP contribution in [0.15, 0.2) is 52.9 Å². The van der Waals surface area contributed by atoms with Gasteiger partial charge in [0.25, 0.3) is 5.91 Å². The summed E-state index contributed by atoms with van der Waals surface area (Å²) in [6.45, 7) is 6.84. The summed E-state index contributed by atoms with van der Waals surface area (Å²) in [7, 11) is 2.14. The number of nitrogens with zero attached hydrogens (tertiary/aromatic N) is 3. The van der Waals surface area contributed by atoms with E-state index < -0.39 is 0 Å². The molecule has 0 N–H and O–H groups in total. The maximum Gasteiger partial charge on any atom is 0.254 e. The number of rotatable bonds is 3. The number of oxazole rings is 1. The average Bonchev–Trinajstić information content (AvgIpc) is 3.11. The predicted octanol–water partition coefficient (Wildman–Crippen LogP) is 3.91. The predicted molar refractivity (Wildman–Crippen MR) is 107 cm³/mol. The van der Waals surface area contributed by atoms with Crippen molar-refractivity contribution in [2.45, 2.75) is 19.9 Å². The van der Waals surface area contributed by atoms with Crippen LogP contribution in [0, 0.1) is 5.92 Å². The van der Waals surface area contributed by atoms with Crippen LogP contribution in [0.5, 0.6) is 0 Å². The van der Waals surface area contributed by atoms with Gasteiger partial charge in [0.1, 0.15) is 5.52 Å². The molecule has 1 aliphatic heterocycles. The lowest BCUT2D eigenvalue weighted by Gasteiger charge is -2.41. The van der Waals surface area contributed by atoms with Crippen molar-refractivity contribution in [2.24, 2.45) is 5.92 Å². The van der Waals surface area contributed by atoms with Gasteiger partial charge in [-0.25, -0.2) is 4.98 Å². The molecule has 3 aromatic rings. The number of fused-ring (bicyclic) bond motifs is 1. The second-order valence-electron chi connectivity index (χ2n) is 7.61. The van der Waals surface area contributed by atoms with Crippen LogP contribution in [0.1, 0.15) is 24.2 Å². The van der Waals surface area contributed by atoms with Crippen LogP contribution in [0.2, 0.25) is 0 Å². The number of carbonyl (C=O) groups excluding carboxylic acids is 1. The lowest BCUT2D eigenvalue weighted by Crippen LogP contribution is -2.55. The van der Waals surface area contributed by atoms with Gasteiger partial charge in [-0.1, -0.05) is 32.0 Å². The van der Waals surface area contributed by atoms with Gasteiger partial charge in [0, 0.05) is 36.8 Å². The molecule has 1 amide bonds. The Hall–Kier alpha value is -2.66. The fourth-order valence-electron chi connectivity index (χ4n) is 3.75. The Bertz CT molecular complexity index is 949. The number of hydrogen-bond donors (Lipinski definition) is 0. The van der Waals surface area contributed by atoms with E-state index in [2.05, 4.69) is 30.8 Å². The summed E-state index contributed by atoms with van der Waals surface area (Å²) in [6.07, 6.45) is 0. The van der Waals surface area contributed by atoms with E-state index >= 15 is 0 Å². The molecule has 1 saturated heterocycles. The highest BCUT2D eigenvalue weighted by Gasteiger charge is 2.29. The Balaban J connectivity index is 1.59. The van der Waals surface area contributed by atoms with Gasteiger partial charge in [0.2, 0.25) is 5.89 Å². The summed E-state index contributed by atoms with van der Waals surface area (Å²) in [6, 6.07) is 15.7. The zero-order valence-corrected chi connectivity index (χ0v) is 16.1. The number of aromatic nitrogens is 1.